The second kappa shape index (κ2) is 7.52. The summed E-state index contributed by atoms with van der Waals surface area (Å²) in [5.74, 6) is -0.923. The number of carbonyl (C=O) groups excluding carboxylic acids is 1. The van der Waals surface area contributed by atoms with Crippen LogP contribution in [-0.2, 0) is 4.79 Å². The maximum absolute atomic E-state index is 11.9. The van der Waals surface area contributed by atoms with Gasteiger partial charge in [0.05, 0.1) is 21.1 Å². The lowest BCUT2D eigenvalue weighted by atomic mass is 9.82. The largest absolute Gasteiger partial charge is 0.481 e. The molecule has 21 heavy (non-hydrogen) atoms. The predicted octanol–water partition coefficient (Wildman–Crippen LogP) is 4.01. The van der Waals surface area contributed by atoms with Crippen LogP contribution >= 0.6 is 23.2 Å². The van der Waals surface area contributed by atoms with Gasteiger partial charge in [-0.3, -0.25) is 4.79 Å². The molecule has 0 aromatic heterocycles. The van der Waals surface area contributed by atoms with Crippen LogP contribution in [0.25, 0.3) is 0 Å². The van der Waals surface area contributed by atoms with E-state index in [4.69, 9.17) is 23.2 Å². The first-order chi connectivity index (χ1) is 9.86. The first-order valence-corrected chi connectivity index (χ1v) is 7.34. The lowest BCUT2D eigenvalue weighted by Gasteiger charge is -2.26. The molecule has 0 aliphatic rings. The smallest absolute Gasteiger partial charge is 0.319 e. The Morgan fingerprint density at radius 3 is 2.38 bits per heavy atom. The van der Waals surface area contributed by atoms with Crippen LogP contribution in [0.4, 0.5) is 10.5 Å². The number of carboxylic acid groups (broad SMARTS) is 1. The molecule has 0 saturated carbocycles. The molecule has 0 bridgehead atoms. The van der Waals surface area contributed by atoms with E-state index in [1.54, 1.807) is 32.0 Å². The number of halogens is 2. The number of anilines is 1. The number of nitrogens with one attached hydrogen (secondary N) is 2. The standard InChI is InChI=1S/C14H18Cl2N2O3/c1-3-14(4-2,12(19)20)8-17-13(21)18-10-7-5-6-9(15)11(10)16/h5-7H,3-4,8H2,1-2H3,(H,19,20)(H2,17,18,21). The highest BCUT2D eigenvalue weighted by Crippen LogP contribution is 2.29. The molecule has 1 rings (SSSR count). The summed E-state index contributed by atoms with van der Waals surface area (Å²) in [5, 5.41) is 15.0. The fourth-order valence-electron chi connectivity index (χ4n) is 1.89. The fraction of sp³-hybridized carbons (Fsp3) is 0.429. The number of hydrogen-bond donors (Lipinski definition) is 3. The Bertz CT molecular complexity index is 531. The maximum atomic E-state index is 11.9. The molecule has 0 aliphatic heterocycles. The second-order valence-electron chi connectivity index (χ2n) is 4.70. The summed E-state index contributed by atoms with van der Waals surface area (Å²) in [4.78, 5) is 23.2. The molecule has 0 unspecified atom stereocenters. The van der Waals surface area contributed by atoms with Gasteiger partial charge in [-0.15, -0.1) is 0 Å². The van der Waals surface area contributed by atoms with Crippen LogP contribution in [0, 0.1) is 5.41 Å². The average Bonchev–Trinajstić information content (AvgIpc) is 2.45. The summed E-state index contributed by atoms with van der Waals surface area (Å²) < 4.78 is 0. The van der Waals surface area contributed by atoms with Crippen LogP contribution < -0.4 is 10.6 Å². The quantitative estimate of drug-likeness (QED) is 0.736. The molecule has 0 radical (unpaired) electrons. The van der Waals surface area contributed by atoms with Gasteiger partial charge in [0.15, 0.2) is 0 Å². The minimum Gasteiger partial charge on any atom is -0.481 e. The minimum absolute atomic E-state index is 0.0410. The molecule has 0 heterocycles. The topological polar surface area (TPSA) is 78.4 Å². The molecule has 1 aromatic rings. The summed E-state index contributed by atoms with van der Waals surface area (Å²) in [7, 11) is 0. The van der Waals surface area contributed by atoms with Gasteiger partial charge in [0.2, 0.25) is 0 Å². The van der Waals surface area contributed by atoms with E-state index in [9.17, 15) is 14.7 Å². The Balaban J connectivity index is 2.70. The zero-order chi connectivity index (χ0) is 16.0. The number of aliphatic carboxylic acids is 1. The molecular weight excluding hydrogens is 315 g/mol. The number of amides is 2. The summed E-state index contributed by atoms with van der Waals surface area (Å²) in [6.07, 6.45) is 0.855. The summed E-state index contributed by atoms with van der Waals surface area (Å²) in [6.45, 7) is 3.61. The lowest BCUT2D eigenvalue weighted by molar-refractivity contribution is -0.149. The van der Waals surface area contributed by atoms with Crippen LogP contribution in [0.15, 0.2) is 18.2 Å². The number of hydrogen-bond acceptors (Lipinski definition) is 2. The normalized spacial score (nSPS) is 11.0. The summed E-state index contributed by atoms with van der Waals surface area (Å²) >= 11 is 11.8. The van der Waals surface area contributed by atoms with Crippen molar-refractivity contribution >= 4 is 40.9 Å². The van der Waals surface area contributed by atoms with Crippen LogP contribution in [0.2, 0.25) is 10.0 Å². The highest BCUT2D eigenvalue weighted by molar-refractivity contribution is 6.43. The van der Waals surface area contributed by atoms with Crippen molar-refractivity contribution in [1.82, 2.24) is 5.32 Å². The average molecular weight is 333 g/mol. The Morgan fingerprint density at radius 1 is 1.24 bits per heavy atom. The monoisotopic (exact) mass is 332 g/mol. The number of rotatable bonds is 6. The first-order valence-electron chi connectivity index (χ1n) is 6.58. The molecule has 0 aliphatic carbocycles. The third kappa shape index (κ3) is 4.25. The molecule has 0 fully saturated rings. The maximum Gasteiger partial charge on any atom is 0.319 e. The van der Waals surface area contributed by atoms with Gasteiger partial charge < -0.3 is 15.7 Å². The van der Waals surface area contributed by atoms with Crippen molar-refractivity contribution in [1.29, 1.82) is 0 Å². The van der Waals surface area contributed by atoms with Crippen molar-refractivity contribution in [2.24, 2.45) is 5.41 Å². The molecule has 0 atom stereocenters. The molecule has 116 valence electrons. The van der Waals surface area contributed by atoms with Crippen molar-refractivity contribution in [3.63, 3.8) is 0 Å². The van der Waals surface area contributed by atoms with Gasteiger partial charge in [-0.1, -0.05) is 43.1 Å². The Kier molecular flexibility index (Phi) is 6.30. The van der Waals surface area contributed by atoms with E-state index in [2.05, 4.69) is 10.6 Å². The van der Waals surface area contributed by atoms with E-state index in [1.807, 2.05) is 0 Å². The van der Waals surface area contributed by atoms with Gasteiger partial charge in [-0.25, -0.2) is 4.79 Å². The molecule has 5 nitrogen and oxygen atoms in total. The van der Waals surface area contributed by atoms with E-state index in [-0.39, 0.29) is 11.6 Å². The molecule has 1 aromatic carbocycles. The minimum atomic E-state index is -0.963. The third-order valence-corrected chi connectivity index (χ3v) is 4.41. The highest BCUT2D eigenvalue weighted by atomic mass is 35.5. The Labute approximate surface area is 133 Å². The van der Waals surface area contributed by atoms with Crippen LogP contribution in [-0.4, -0.2) is 23.7 Å². The van der Waals surface area contributed by atoms with Gasteiger partial charge in [0, 0.05) is 6.54 Å². The van der Waals surface area contributed by atoms with Gasteiger partial charge in [0.25, 0.3) is 0 Å². The van der Waals surface area contributed by atoms with E-state index in [0.717, 1.165) is 0 Å². The van der Waals surface area contributed by atoms with Crippen molar-refractivity contribution in [3.05, 3.63) is 28.2 Å². The van der Waals surface area contributed by atoms with Crippen LogP contribution in [0.3, 0.4) is 0 Å². The third-order valence-electron chi connectivity index (χ3n) is 3.59. The van der Waals surface area contributed by atoms with Crippen molar-refractivity contribution in [2.45, 2.75) is 26.7 Å². The Morgan fingerprint density at radius 2 is 1.86 bits per heavy atom. The zero-order valence-corrected chi connectivity index (χ0v) is 13.4. The first kappa shape index (κ1) is 17.6. The van der Waals surface area contributed by atoms with Crippen LogP contribution in [0.1, 0.15) is 26.7 Å². The molecule has 2 amide bonds. The van der Waals surface area contributed by atoms with Gasteiger partial charge in [0.1, 0.15) is 0 Å². The zero-order valence-electron chi connectivity index (χ0n) is 11.9. The van der Waals surface area contributed by atoms with Gasteiger partial charge in [-0.05, 0) is 25.0 Å². The second-order valence-corrected chi connectivity index (χ2v) is 5.49. The van der Waals surface area contributed by atoms with Crippen LogP contribution in [0.5, 0.6) is 0 Å². The SMILES string of the molecule is CCC(CC)(CNC(=O)Nc1cccc(Cl)c1Cl)C(=O)O. The van der Waals surface area contributed by atoms with E-state index >= 15 is 0 Å². The number of benzene rings is 1. The van der Waals surface area contributed by atoms with Gasteiger partial charge >= 0.3 is 12.0 Å². The summed E-state index contributed by atoms with van der Waals surface area (Å²) in [6, 6.07) is 4.35. The van der Waals surface area contributed by atoms with Crippen molar-refractivity contribution < 1.29 is 14.7 Å². The summed E-state index contributed by atoms with van der Waals surface area (Å²) in [5.41, 5.74) is -0.592. The predicted molar refractivity (Wildman–Crippen MR) is 84.1 cm³/mol. The Hall–Kier alpha value is -1.46. The number of carboxylic acids is 1. The lowest BCUT2D eigenvalue weighted by Crippen LogP contribution is -2.43. The molecule has 0 spiro atoms. The molecular formula is C14H18Cl2N2O3. The van der Waals surface area contributed by atoms with E-state index in [0.29, 0.717) is 23.6 Å². The molecule has 3 N–H and O–H groups in total. The molecule has 0 saturated heterocycles. The van der Waals surface area contributed by atoms with Gasteiger partial charge in [-0.2, -0.15) is 0 Å². The van der Waals surface area contributed by atoms with E-state index < -0.39 is 17.4 Å². The van der Waals surface area contributed by atoms with Crippen molar-refractivity contribution in [3.8, 4) is 0 Å². The number of urea groups is 1. The van der Waals surface area contributed by atoms with Crippen molar-refractivity contribution in [2.75, 3.05) is 11.9 Å². The molecule has 7 heteroatoms. The van der Waals surface area contributed by atoms with E-state index in [1.165, 1.54) is 0 Å². The highest BCUT2D eigenvalue weighted by Gasteiger charge is 2.35. The fourth-order valence-corrected chi connectivity index (χ4v) is 2.24. The number of carbonyl (C=O) groups is 2.